The summed E-state index contributed by atoms with van der Waals surface area (Å²) in [5.74, 6) is 1.61. The van der Waals surface area contributed by atoms with E-state index >= 15 is 0 Å². The zero-order chi connectivity index (χ0) is 22.1. The second-order valence-corrected chi connectivity index (χ2v) is 9.27. The number of nitrogens with zero attached hydrogens (tertiary/aromatic N) is 4. The van der Waals surface area contributed by atoms with E-state index in [-0.39, 0.29) is 17.4 Å². The molecule has 1 aliphatic heterocycles. The maximum atomic E-state index is 12.5. The highest BCUT2D eigenvalue weighted by Crippen LogP contribution is 2.45. The number of pyridine rings is 1. The first-order valence-corrected chi connectivity index (χ1v) is 11.5. The summed E-state index contributed by atoms with van der Waals surface area (Å²) in [6, 6.07) is 14.0. The predicted molar refractivity (Wildman–Crippen MR) is 126 cm³/mol. The molecule has 1 spiro atoms. The number of amides is 1. The molecule has 1 aliphatic carbocycles. The lowest BCUT2D eigenvalue weighted by molar-refractivity contribution is 0.0943. The third kappa shape index (κ3) is 3.85. The Morgan fingerprint density at radius 1 is 1.12 bits per heavy atom. The summed E-state index contributed by atoms with van der Waals surface area (Å²) in [6.45, 7) is 5.75. The third-order valence-electron chi connectivity index (χ3n) is 6.60. The fourth-order valence-electron chi connectivity index (χ4n) is 5.07. The number of hydrogen-bond acceptors (Lipinski definition) is 5. The molecule has 1 N–H and O–H groups in total. The summed E-state index contributed by atoms with van der Waals surface area (Å²) in [5, 5.41) is 2.97. The number of nitrogens with one attached hydrogen (secondary N) is 1. The molecule has 2 aromatic heterocycles. The lowest BCUT2D eigenvalue weighted by Crippen LogP contribution is -2.46. The molecule has 6 heteroatoms. The molecule has 1 aromatic carbocycles. The van der Waals surface area contributed by atoms with Crippen LogP contribution in [0.5, 0.6) is 0 Å². The Hall–Kier alpha value is -3.28. The van der Waals surface area contributed by atoms with E-state index in [0.29, 0.717) is 5.56 Å². The molecular formula is C26H29N5O. The third-order valence-corrected chi connectivity index (χ3v) is 6.60. The highest BCUT2D eigenvalue weighted by atomic mass is 16.1. The maximum Gasteiger partial charge on any atom is 0.251 e. The Labute approximate surface area is 189 Å². The molecule has 1 atom stereocenters. The van der Waals surface area contributed by atoms with E-state index in [1.165, 1.54) is 11.3 Å². The van der Waals surface area contributed by atoms with Crippen molar-refractivity contribution in [3.05, 3.63) is 71.7 Å². The van der Waals surface area contributed by atoms with Gasteiger partial charge in [0.05, 0.1) is 5.69 Å². The van der Waals surface area contributed by atoms with Crippen LogP contribution in [-0.2, 0) is 11.8 Å². The zero-order valence-electron chi connectivity index (χ0n) is 18.7. The van der Waals surface area contributed by atoms with E-state index < -0.39 is 0 Å². The van der Waals surface area contributed by atoms with Crippen LogP contribution in [0.25, 0.3) is 11.4 Å². The van der Waals surface area contributed by atoms with Crippen LogP contribution in [0.15, 0.2) is 54.9 Å². The van der Waals surface area contributed by atoms with Crippen molar-refractivity contribution in [1.82, 2.24) is 20.3 Å². The van der Waals surface area contributed by atoms with Crippen LogP contribution in [-0.4, -0.2) is 40.0 Å². The van der Waals surface area contributed by atoms with Gasteiger partial charge in [-0.3, -0.25) is 4.79 Å². The molecule has 1 amide bonds. The largest absolute Gasteiger partial charge is 0.356 e. The normalized spacial score (nSPS) is 19.9. The number of benzene rings is 1. The predicted octanol–water partition coefficient (Wildman–Crippen LogP) is 4.16. The van der Waals surface area contributed by atoms with Gasteiger partial charge in [0.15, 0.2) is 5.82 Å². The molecular weight excluding hydrogens is 398 g/mol. The van der Waals surface area contributed by atoms with Crippen LogP contribution in [0.1, 0.15) is 54.7 Å². The highest BCUT2D eigenvalue weighted by molar-refractivity contribution is 5.95. The molecule has 5 rings (SSSR count). The number of fused-ring (bicyclic) bond motifs is 2. The number of rotatable bonds is 4. The van der Waals surface area contributed by atoms with Gasteiger partial charge in [-0.1, -0.05) is 30.3 Å². The van der Waals surface area contributed by atoms with Crippen molar-refractivity contribution in [2.24, 2.45) is 0 Å². The van der Waals surface area contributed by atoms with Gasteiger partial charge in [-0.25, -0.2) is 15.0 Å². The fraction of sp³-hybridized carbons (Fsp3) is 0.385. The monoisotopic (exact) mass is 427 g/mol. The smallest absolute Gasteiger partial charge is 0.251 e. The summed E-state index contributed by atoms with van der Waals surface area (Å²) in [7, 11) is 0. The van der Waals surface area contributed by atoms with Crippen LogP contribution >= 0.6 is 0 Å². The Balaban J connectivity index is 1.44. The molecule has 0 bridgehead atoms. The van der Waals surface area contributed by atoms with E-state index in [1.807, 2.05) is 44.3 Å². The summed E-state index contributed by atoms with van der Waals surface area (Å²) < 4.78 is 0. The van der Waals surface area contributed by atoms with Gasteiger partial charge in [0.25, 0.3) is 5.91 Å². The van der Waals surface area contributed by atoms with Gasteiger partial charge >= 0.3 is 0 Å². The molecule has 2 aliphatic rings. The van der Waals surface area contributed by atoms with Crippen molar-refractivity contribution in [3.63, 3.8) is 0 Å². The first kappa shape index (κ1) is 20.6. The quantitative estimate of drug-likeness (QED) is 0.677. The summed E-state index contributed by atoms with van der Waals surface area (Å²) >= 11 is 0. The maximum absolute atomic E-state index is 12.5. The number of aromatic nitrogens is 3. The van der Waals surface area contributed by atoms with Gasteiger partial charge in [0.1, 0.15) is 5.82 Å². The van der Waals surface area contributed by atoms with Crippen LogP contribution in [0.2, 0.25) is 0 Å². The lowest BCUT2D eigenvalue weighted by atomic mass is 9.77. The minimum Gasteiger partial charge on any atom is -0.356 e. The van der Waals surface area contributed by atoms with Gasteiger partial charge < -0.3 is 10.2 Å². The molecule has 0 saturated carbocycles. The van der Waals surface area contributed by atoms with Crippen LogP contribution in [0.3, 0.4) is 0 Å². The van der Waals surface area contributed by atoms with E-state index in [2.05, 4.69) is 32.3 Å². The van der Waals surface area contributed by atoms with E-state index in [9.17, 15) is 4.79 Å². The number of piperidine rings is 1. The van der Waals surface area contributed by atoms with Crippen LogP contribution < -0.4 is 10.2 Å². The van der Waals surface area contributed by atoms with E-state index in [1.54, 1.807) is 12.3 Å². The van der Waals surface area contributed by atoms with Gasteiger partial charge in [-0.2, -0.15) is 0 Å². The van der Waals surface area contributed by atoms with Crippen molar-refractivity contribution in [2.45, 2.75) is 51.0 Å². The van der Waals surface area contributed by atoms with E-state index in [0.717, 1.165) is 56.0 Å². The van der Waals surface area contributed by atoms with Gasteiger partial charge in [0, 0.05) is 48.1 Å². The second kappa shape index (κ2) is 8.34. The molecule has 6 nitrogen and oxygen atoms in total. The summed E-state index contributed by atoms with van der Waals surface area (Å²) in [5.41, 5.74) is 4.19. The number of anilines is 1. The minimum atomic E-state index is -0.0539. The number of carbonyl (C=O) groups is 1. The second-order valence-electron chi connectivity index (χ2n) is 9.27. The Bertz CT molecular complexity index is 1130. The molecule has 1 fully saturated rings. The molecule has 1 saturated heterocycles. The van der Waals surface area contributed by atoms with Crippen molar-refractivity contribution in [3.8, 4) is 11.4 Å². The number of carbonyl (C=O) groups excluding carboxylic acids is 1. The molecule has 0 radical (unpaired) electrons. The zero-order valence-corrected chi connectivity index (χ0v) is 18.7. The summed E-state index contributed by atoms with van der Waals surface area (Å²) in [6.07, 6.45) is 8.06. The highest BCUT2D eigenvalue weighted by Gasteiger charge is 2.44. The van der Waals surface area contributed by atoms with Crippen molar-refractivity contribution in [1.29, 1.82) is 0 Å². The molecule has 32 heavy (non-hydrogen) atoms. The molecule has 164 valence electrons. The van der Waals surface area contributed by atoms with Crippen LogP contribution in [0, 0.1) is 0 Å². The first-order valence-electron chi connectivity index (χ1n) is 11.5. The number of hydrogen-bond donors (Lipinski definition) is 1. The molecule has 3 aromatic rings. The van der Waals surface area contributed by atoms with Crippen molar-refractivity contribution in [2.75, 3.05) is 18.0 Å². The number of aryl methyl sites for hydroxylation is 1. The van der Waals surface area contributed by atoms with Gasteiger partial charge in [-0.05, 0) is 57.2 Å². The average Bonchev–Trinajstić information content (AvgIpc) is 3.16. The summed E-state index contributed by atoms with van der Waals surface area (Å²) in [4.78, 5) is 29.2. The van der Waals surface area contributed by atoms with Crippen LogP contribution in [0.4, 0.5) is 5.82 Å². The fourth-order valence-corrected chi connectivity index (χ4v) is 5.07. The molecule has 1 unspecified atom stereocenters. The topological polar surface area (TPSA) is 71.0 Å². The van der Waals surface area contributed by atoms with Crippen molar-refractivity contribution >= 4 is 11.7 Å². The molecule has 3 heterocycles. The van der Waals surface area contributed by atoms with E-state index in [4.69, 9.17) is 4.98 Å². The lowest BCUT2D eigenvalue weighted by Gasteiger charge is -2.41. The van der Waals surface area contributed by atoms with Gasteiger partial charge in [-0.15, -0.1) is 0 Å². The Kier molecular flexibility index (Phi) is 5.37. The Morgan fingerprint density at radius 3 is 2.78 bits per heavy atom. The minimum absolute atomic E-state index is 0.0118. The average molecular weight is 428 g/mol. The first-order chi connectivity index (χ1) is 15.5. The Morgan fingerprint density at radius 2 is 1.97 bits per heavy atom. The SMILES string of the molecule is CC(C)NC(=O)c1ccnc(N2CCCC3(CCc4cnc(-c5ccccc5)nc43)C2)c1. The van der Waals surface area contributed by atoms with Gasteiger partial charge in [0.2, 0.25) is 0 Å². The van der Waals surface area contributed by atoms with Crippen molar-refractivity contribution < 1.29 is 4.79 Å². The standard InChI is InChI=1S/C26H29N5O/c1-18(2)29-25(32)20-10-13-27-22(15-20)31-14-6-11-26(17-31)12-9-21-16-28-24(30-23(21)26)19-7-4-3-5-8-19/h3-5,7-8,10,13,15-16,18H,6,9,11-12,14,17H2,1-2H3,(H,29,32).